The first-order valence-electron chi connectivity index (χ1n) is 7.65. The van der Waals surface area contributed by atoms with Crippen LogP contribution in [0.25, 0.3) is 0 Å². The van der Waals surface area contributed by atoms with E-state index in [0.717, 1.165) is 44.1 Å². The summed E-state index contributed by atoms with van der Waals surface area (Å²) >= 11 is 0. The average Bonchev–Trinajstić information content (AvgIpc) is 2.70. The quantitative estimate of drug-likeness (QED) is 0.911. The standard InChI is InChI=1S/C15H27N5O/c1-11-17-18-13(19(11)5)10-20-8-6-7-12(9-20)16-14(21)15(2,3)4/h12H,6-10H2,1-5H3,(H,16,21). The lowest BCUT2D eigenvalue weighted by atomic mass is 9.94. The number of carbonyl (C=O) groups is 1. The molecule has 0 spiro atoms. The predicted molar refractivity (Wildman–Crippen MR) is 81.6 cm³/mol. The molecule has 6 heteroatoms. The monoisotopic (exact) mass is 293 g/mol. The second kappa shape index (κ2) is 6.13. The molecule has 0 saturated carbocycles. The van der Waals surface area contributed by atoms with Crippen molar-refractivity contribution in [2.24, 2.45) is 12.5 Å². The van der Waals surface area contributed by atoms with Crippen LogP contribution in [0.5, 0.6) is 0 Å². The third-order valence-corrected chi connectivity index (χ3v) is 4.07. The van der Waals surface area contributed by atoms with E-state index in [1.165, 1.54) is 0 Å². The van der Waals surface area contributed by atoms with Crippen molar-refractivity contribution >= 4 is 5.91 Å². The van der Waals surface area contributed by atoms with E-state index < -0.39 is 0 Å². The SMILES string of the molecule is Cc1nnc(CN2CCCC(NC(=O)C(C)(C)C)C2)n1C. The minimum atomic E-state index is -0.330. The van der Waals surface area contributed by atoms with Crippen LogP contribution in [0.2, 0.25) is 0 Å². The summed E-state index contributed by atoms with van der Waals surface area (Å²) in [5.41, 5.74) is -0.330. The van der Waals surface area contributed by atoms with Gasteiger partial charge >= 0.3 is 0 Å². The molecule has 0 aliphatic carbocycles. The third-order valence-electron chi connectivity index (χ3n) is 4.07. The number of amides is 1. The van der Waals surface area contributed by atoms with Gasteiger partial charge in [-0.3, -0.25) is 9.69 Å². The zero-order valence-corrected chi connectivity index (χ0v) is 13.8. The molecule has 118 valence electrons. The van der Waals surface area contributed by atoms with Crippen molar-refractivity contribution in [3.8, 4) is 0 Å². The molecule has 1 aliphatic heterocycles. The summed E-state index contributed by atoms with van der Waals surface area (Å²) in [6, 6.07) is 0.236. The van der Waals surface area contributed by atoms with Crippen LogP contribution < -0.4 is 5.32 Å². The van der Waals surface area contributed by atoms with Gasteiger partial charge in [-0.05, 0) is 26.3 Å². The maximum Gasteiger partial charge on any atom is 0.225 e. The highest BCUT2D eigenvalue weighted by molar-refractivity contribution is 5.81. The highest BCUT2D eigenvalue weighted by atomic mass is 16.2. The maximum absolute atomic E-state index is 12.1. The topological polar surface area (TPSA) is 63.1 Å². The van der Waals surface area contributed by atoms with Crippen LogP contribution in [0.1, 0.15) is 45.3 Å². The minimum absolute atomic E-state index is 0.129. The maximum atomic E-state index is 12.1. The largest absolute Gasteiger partial charge is 0.352 e. The number of hydrogen-bond acceptors (Lipinski definition) is 4. The Labute approximate surface area is 126 Å². The number of likely N-dealkylation sites (tertiary alicyclic amines) is 1. The molecule has 6 nitrogen and oxygen atoms in total. The molecule has 1 saturated heterocycles. The molecule has 21 heavy (non-hydrogen) atoms. The Balaban J connectivity index is 1.92. The summed E-state index contributed by atoms with van der Waals surface area (Å²) in [4.78, 5) is 14.4. The van der Waals surface area contributed by atoms with E-state index in [4.69, 9.17) is 0 Å². The number of aromatic nitrogens is 3. The molecule has 1 aliphatic rings. The van der Waals surface area contributed by atoms with Crippen molar-refractivity contribution in [3.63, 3.8) is 0 Å². The number of carbonyl (C=O) groups excluding carboxylic acids is 1. The summed E-state index contributed by atoms with van der Waals surface area (Å²) in [5, 5.41) is 11.5. The Morgan fingerprint density at radius 3 is 2.67 bits per heavy atom. The zero-order valence-electron chi connectivity index (χ0n) is 13.8. The number of rotatable bonds is 3. The predicted octanol–water partition coefficient (Wildman–Crippen LogP) is 1.25. The highest BCUT2D eigenvalue weighted by Gasteiger charge is 2.27. The number of nitrogens with one attached hydrogen (secondary N) is 1. The van der Waals surface area contributed by atoms with Crippen LogP contribution in [0.15, 0.2) is 0 Å². The van der Waals surface area contributed by atoms with Crippen molar-refractivity contribution in [2.75, 3.05) is 13.1 Å². The van der Waals surface area contributed by atoms with Gasteiger partial charge in [0.1, 0.15) is 11.6 Å². The fourth-order valence-electron chi connectivity index (χ4n) is 2.51. The van der Waals surface area contributed by atoms with Crippen molar-refractivity contribution < 1.29 is 4.79 Å². The molecule has 1 unspecified atom stereocenters. The third kappa shape index (κ3) is 4.03. The lowest BCUT2D eigenvalue weighted by molar-refractivity contribution is -0.129. The lowest BCUT2D eigenvalue weighted by Gasteiger charge is -2.34. The van der Waals surface area contributed by atoms with E-state index in [1.807, 2.05) is 39.3 Å². The minimum Gasteiger partial charge on any atom is -0.352 e. The Bertz CT molecular complexity index is 503. The Kier molecular flexibility index (Phi) is 4.66. The van der Waals surface area contributed by atoms with Crippen LogP contribution in [-0.2, 0) is 18.4 Å². The van der Waals surface area contributed by atoms with Crippen LogP contribution >= 0.6 is 0 Å². The average molecular weight is 293 g/mol. The molecule has 0 radical (unpaired) electrons. The van der Waals surface area contributed by atoms with Crippen molar-refractivity contribution in [3.05, 3.63) is 11.6 Å². The first-order chi connectivity index (χ1) is 9.77. The number of piperidine rings is 1. The molecular weight excluding hydrogens is 266 g/mol. The molecule has 2 rings (SSSR count). The first kappa shape index (κ1) is 15.9. The van der Waals surface area contributed by atoms with Crippen molar-refractivity contribution in [1.29, 1.82) is 0 Å². The fraction of sp³-hybridized carbons (Fsp3) is 0.800. The van der Waals surface area contributed by atoms with Crippen LogP contribution in [0, 0.1) is 12.3 Å². The summed E-state index contributed by atoms with van der Waals surface area (Å²) in [6.07, 6.45) is 2.15. The molecule has 1 fully saturated rings. The van der Waals surface area contributed by atoms with Crippen LogP contribution in [0.3, 0.4) is 0 Å². The smallest absolute Gasteiger partial charge is 0.225 e. The van der Waals surface area contributed by atoms with Crippen LogP contribution in [0.4, 0.5) is 0 Å². The van der Waals surface area contributed by atoms with Gasteiger partial charge in [-0.1, -0.05) is 20.8 Å². The van der Waals surface area contributed by atoms with E-state index in [9.17, 15) is 4.79 Å². The molecule has 0 aromatic carbocycles. The molecule has 1 atom stereocenters. The lowest BCUT2D eigenvalue weighted by Crippen LogP contribution is -2.50. The van der Waals surface area contributed by atoms with Crippen LogP contribution in [-0.4, -0.2) is 44.7 Å². The molecular formula is C15H27N5O. The summed E-state index contributed by atoms with van der Waals surface area (Å²) in [7, 11) is 1.99. The Hall–Kier alpha value is -1.43. The second-order valence-electron chi connectivity index (χ2n) is 7.02. The second-order valence-corrected chi connectivity index (χ2v) is 7.02. The van der Waals surface area contributed by atoms with E-state index in [0.29, 0.717) is 0 Å². The highest BCUT2D eigenvalue weighted by Crippen LogP contribution is 2.17. The van der Waals surface area contributed by atoms with Gasteiger partial charge in [-0.2, -0.15) is 0 Å². The summed E-state index contributed by atoms with van der Waals surface area (Å²) < 4.78 is 2.03. The Morgan fingerprint density at radius 1 is 1.38 bits per heavy atom. The van der Waals surface area contributed by atoms with E-state index >= 15 is 0 Å². The van der Waals surface area contributed by atoms with E-state index in [1.54, 1.807) is 0 Å². The van der Waals surface area contributed by atoms with Crippen molar-refractivity contribution in [1.82, 2.24) is 25.0 Å². The fourth-order valence-corrected chi connectivity index (χ4v) is 2.51. The van der Waals surface area contributed by atoms with Gasteiger partial charge in [-0.15, -0.1) is 10.2 Å². The molecule has 2 heterocycles. The molecule has 1 aromatic heterocycles. The van der Waals surface area contributed by atoms with Gasteiger partial charge in [-0.25, -0.2) is 0 Å². The Morgan fingerprint density at radius 2 is 2.10 bits per heavy atom. The number of nitrogens with zero attached hydrogens (tertiary/aromatic N) is 4. The van der Waals surface area contributed by atoms with Gasteiger partial charge < -0.3 is 9.88 Å². The van der Waals surface area contributed by atoms with Gasteiger partial charge in [0.15, 0.2) is 0 Å². The van der Waals surface area contributed by atoms with E-state index in [-0.39, 0.29) is 17.4 Å². The normalized spacial score (nSPS) is 20.5. The van der Waals surface area contributed by atoms with E-state index in [2.05, 4.69) is 20.4 Å². The molecule has 0 bridgehead atoms. The number of aryl methyl sites for hydroxylation is 1. The summed E-state index contributed by atoms with van der Waals surface area (Å²) in [5.74, 6) is 2.04. The van der Waals surface area contributed by atoms with Gasteiger partial charge in [0.2, 0.25) is 5.91 Å². The van der Waals surface area contributed by atoms with Gasteiger partial charge in [0, 0.05) is 25.0 Å². The van der Waals surface area contributed by atoms with Crippen molar-refractivity contribution in [2.45, 2.75) is 53.1 Å². The zero-order chi connectivity index (χ0) is 15.6. The van der Waals surface area contributed by atoms with Gasteiger partial charge in [0.05, 0.1) is 6.54 Å². The molecule has 1 amide bonds. The molecule has 1 N–H and O–H groups in total. The molecule has 1 aromatic rings. The number of hydrogen-bond donors (Lipinski definition) is 1. The van der Waals surface area contributed by atoms with Gasteiger partial charge in [0.25, 0.3) is 0 Å². The summed E-state index contributed by atoms with van der Waals surface area (Å²) in [6.45, 7) is 10.5. The first-order valence-corrected chi connectivity index (χ1v) is 7.65.